The average molecular weight is 376 g/mol. The molecule has 1 fully saturated rings. The number of amides is 1. The number of anilines is 1. The third kappa shape index (κ3) is 4.70. The Morgan fingerprint density at radius 3 is 2.89 bits per heavy atom. The maximum Gasteiger partial charge on any atom is 0.326 e. The quantitative estimate of drug-likeness (QED) is 0.558. The molecular weight excluding hydrogens is 356 g/mol. The largest absolute Gasteiger partial charge is 0.374 e. The molecule has 1 atom stereocenters. The average Bonchev–Trinajstić information content (AvgIpc) is 2.63. The van der Waals surface area contributed by atoms with Crippen molar-refractivity contribution in [2.75, 3.05) is 31.1 Å². The summed E-state index contributed by atoms with van der Waals surface area (Å²) in [4.78, 5) is 52.5. The Hall–Kier alpha value is -3.21. The molecule has 3 heterocycles. The fourth-order valence-corrected chi connectivity index (χ4v) is 2.79. The Morgan fingerprint density at radius 1 is 1.33 bits per heavy atom. The Kier molecular flexibility index (Phi) is 5.50. The fourth-order valence-electron chi connectivity index (χ4n) is 2.79. The van der Waals surface area contributed by atoms with Crippen LogP contribution >= 0.6 is 0 Å². The van der Waals surface area contributed by atoms with Gasteiger partial charge in [0.2, 0.25) is 0 Å². The fraction of sp³-hybridized carbons (Fsp3) is 0.438. The number of nitrogens with one attached hydrogen (secondary N) is 3. The lowest BCUT2D eigenvalue weighted by Gasteiger charge is -2.34. The molecule has 11 heteroatoms. The molecule has 1 unspecified atom stereocenters. The molecule has 1 aliphatic rings. The lowest BCUT2D eigenvalue weighted by molar-refractivity contribution is 0.0353. The van der Waals surface area contributed by atoms with Crippen LogP contribution in [-0.4, -0.2) is 58.0 Å². The van der Waals surface area contributed by atoms with Gasteiger partial charge in [0, 0.05) is 38.8 Å². The van der Waals surface area contributed by atoms with Gasteiger partial charge in [-0.15, -0.1) is 0 Å². The summed E-state index contributed by atoms with van der Waals surface area (Å²) in [5.41, 5.74) is -0.924. The number of H-pyrrole nitrogens is 2. The minimum Gasteiger partial charge on any atom is -0.374 e. The molecule has 3 rings (SSSR count). The maximum atomic E-state index is 12.0. The van der Waals surface area contributed by atoms with Crippen molar-refractivity contribution in [2.24, 2.45) is 7.05 Å². The number of aromatic amines is 2. The van der Waals surface area contributed by atoms with Crippen molar-refractivity contribution in [3.63, 3.8) is 0 Å². The molecule has 0 aromatic carbocycles. The van der Waals surface area contributed by atoms with E-state index in [0.29, 0.717) is 32.7 Å². The Balaban J connectivity index is 1.54. The van der Waals surface area contributed by atoms with E-state index in [9.17, 15) is 19.2 Å². The number of ether oxygens (including phenoxy) is 1. The number of aryl methyl sites for hydroxylation is 1. The lowest BCUT2D eigenvalue weighted by atomic mass is 10.2. The number of carbonyl (C=O) groups excluding carboxylic acids is 1. The summed E-state index contributed by atoms with van der Waals surface area (Å²) in [7, 11) is 1.59. The van der Waals surface area contributed by atoms with Crippen LogP contribution in [0.4, 0.5) is 5.69 Å². The zero-order valence-electron chi connectivity index (χ0n) is 14.7. The summed E-state index contributed by atoms with van der Waals surface area (Å²) in [6.07, 6.45) is 2.03. The highest BCUT2D eigenvalue weighted by molar-refractivity contribution is 5.91. The molecule has 27 heavy (non-hydrogen) atoms. The maximum absolute atomic E-state index is 12.0. The summed E-state index contributed by atoms with van der Waals surface area (Å²) in [5.74, 6) is -0.540. The molecule has 0 aliphatic carbocycles. The second-order valence-corrected chi connectivity index (χ2v) is 6.16. The van der Waals surface area contributed by atoms with Gasteiger partial charge in [-0.3, -0.25) is 19.4 Å². The zero-order valence-corrected chi connectivity index (χ0v) is 14.7. The van der Waals surface area contributed by atoms with Gasteiger partial charge in [-0.1, -0.05) is 0 Å². The van der Waals surface area contributed by atoms with Crippen LogP contribution in [0.25, 0.3) is 0 Å². The molecule has 0 saturated carbocycles. The predicted molar refractivity (Wildman–Crippen MR) is 96.1 cm³/mol. The highest BCUT2D eigenvalue weighted by Gasteiger charge is 2.21. The first kappa shape index (κ1) is 18.6. The molecule has 0 spiro atoms. The third-order valence-electron chi connectivity index (χ3n) is 4.21. The van der Waals surface area contributed by atoms with Crippen LogP contribution in [0.2, 0.25) is 0 Å². The van der Waals surface area contributed by atoms with Gasteiger partial charge >= 0.3 is 5.69 Å². The normalized spacial score (nSPS) is 16.9. The molecule has 11 nitrogen and oxygen atoms in total. The number of hydrogen-bond acceptors (Lipinski definition) is 7. The number of hydrogen-bond donors (Lipinski definition) is 3. The summed E-state index contributed by atoms with van der Waals surface area (Å²) >= 11 is 0. The van der Waals surface area contributed by atoms with E-state index in [2.05, 4.69) is 15.4 Å². The van der Waals surface area contributed by atoms with Crippen molar-refractivity contribution >= 4 is 11.6 Å². The number of nitrogens with zero attached hydrogens (tertiary/aromatic N) is 3. The summed E-state index contributed by atoms with van der Waals surface area (Å²) in [5, 5.41) is 6.67. The smallest absolute Gasteiger partial charge is 0.326 e. The van der Waals surface area contributed by atoms with Gasteiger partial charge < -0.3 is 19.9 Å². The van der Waals surface area contributed by atoms with Gasteiger partial charge in [0.1, 0.15) is 5.69 Å². The van der Waals surface area contributed by atoms with Crippen molar-refractivity contribution in [3.05, 3.63) is 55.2 Å². The Morgan fingerprint density at radius 2 is 2.15 bits per heavy atom. The second kappa shape index (κ2) is 7.99. The van der Waals surface area contributed by atoms with Gasteiger partial charge in [-0.2, -0.15) is 5.10 Å². The molecule has 1 saturated heterocycles. The van der Waals surface area contributed by atoms with Crippen LogP contribution in [0.3, 0.4) is 0 Å². The van der Waals surface area contributed by atoms with Gasteiger partial charge in [-0.05, 0) is 6.42 Å². The molecule has 0 bridgehead atoms. The van der Waals surface area contributed by atoms with E-state index < -0.39 is 17.2 Å². The Bertz CT molecular complexity index is 965. The topological polar surface area (TPSA) is 142 Å². The lowest BCUT2D eigenvalue weighted by Crippen LogP contribution is -2.44. The van der Waals surface area contributed by atoms with Crippen molar-refractivity contribution in [1.82, 2.24) is 25.1 Å². The summed E-state index contributed by atoms with van der Waals surface area (Å²) in [6.45, 7) is 2.01. The number of aromatic nitrogens is 4. The monoisotopic (exact) mass is 376 g/mol. The SMILES string of the molecule is Cn1ncc(N2CCOC(CCNC(=O)c3cc(=O)[nH]c(=O)[nH]3)C2)cc1=O. The standard InChI is InChI=1S/C16H20N6O5/c1-21-14(24)6-10(8-18-21)22-4-5-27-11(9-22)2-3-17-15(25)12-7-13(23)20-16(26)19-12/h6-8,11H,2-5,9H2,1H3,(H,17,25)(H2,19,20,23,26). The molecule has 0 radical (unpaired) electrons. The Labute approximate surface area is 153 Å². The molecule has 144 valence electrons. The first-order valence-corrected chi connectivity index (χ1v) is 8.44. The van der Waals surface area contributed by atoms with Crippen LogP contribution < -0.4 is 27.0 Å². The van der Waals surface area contributed by atoms with E-state index in [4.69, 9.17) is 4.74 Å². The number of morpholine rings is 1. The van der Waals surface area contributed by atoms with Gasteiger partial charge in [-0.25, -0.2) is 9.48 Å². The van der Waals surface area contributed by atoms with Crippen molar-refractivity contribution < 1.29 is 9.53 Å². The van der Waals surface area contributed by atoms with Crippen molar-refractivity contribution in [3.8, 4) is 0 Å². The third-order valence-corrected chi connectivity index (χ3v) is 4.21. The number of rotatable bonds is 5. The zero-order chi connectivity index (χ0) is 19.4. The summed E-state index contributed by atoms with van der Waals surface area (Å²) in [6, 6.07) is 2.55. The molecule has 2 aromatic rings. The van der Waals surface area contributed by atoms with Crippen molar-refractivity contribution in [2.45, 2.75) is 12.5 Å². The predicted octanol–water partition coefficient (Wildman–Crippen LogP) is -1.82. The van der Waals surface area contributed by atoms with Crippen LogP contribution in [-0.2, 0) is 11.8 Å². The number of carbonyl (C=O) groups is 1. The molecule has 3 N–H and O–H groups in total. The van der Waals surface area contributed by atoms with Gasteiger partial charge in [0.15, 0.2) is 0 Å². The van der Waals surface area contributed by atoms with E-state index in [-0.39, 0.29) is 17.4 Å². The minimum absolute atomic E-state index is 0.0962. The highest BCUT2D eigenvalue weighted by atomic mass is 16.5. The van der Waals surface area contributed by atoms with Crippen LogP contribution in [0.1, 0.15) is 16.9 Å². The van der Waals surface area contributed by atoms with Gasteiger partial charge in [0.05, 0.1) is 24.6 Å². The minimum atomic E-state index is -0.735. The molecule has 1 aliphatic heterocycles. The van der Waals surface area contributed by atoms with E-state index in [1.807, 2.05) is 9.88 Å². The second-order valence-electron chi connectivity index (χ2n) is 6.16. The molecule has 1 amide bonds. The van der Waals surface area contributed by atoms with Crippen LogP contribution in [0.15, 0.2) is 32.7 Å². The van der Waals surface area contributed by atoms with E-state index in [1.54, 1.807) is 13.2 Å². The highest BCUT2D eigenvalue weighted by Crippen LogP contribution is 2.16. The van der Waals surface area contributed by atoms with E-state index in [0.717, 1.165) is 11.8 Å². The van der Waals surface area contributed by atoms with Crippen molar-refractivity contribution in [1.29, 1.82) is 0 Å². The molecule has 2 aromatic heterocycles. The van der Waals surface area contributed by atoms with Gasteiger partial charge in [0.25, 0.3) is 17.0 Å². The van der Waals surface area contributed by atoms with Crippen LogP contribution in [0, 0.1) is 0 Å². The summed E-state index contributed by atoms with van der Waals surface area (Å²) < 4.78 is 6.96. The first-order valence-electron chi connectivity index (χ1n) is 8.44. The first-order chi connectivity index (χ1) is 12.9. The van der Waals surface area contributed by atoms with E-state index >= 15 is 0 Å². The van der Waals surface area contributed by atoms with E-state index in [1.165, 1.54) is 10.7 Å². The van der Waals surface area contributed by atoms with Crippen LogP contribution in [0.5, 0.6) is 0 Å². The molecular formula is C16H20N6O5.